The zero-order valence-corrected chi connectivity index (χ0v) is 16.4. The van der Waals surface area contributed by atoms with E-state index >= 15 is 0 Å². The molecule has 0 saturated carbocycles. The molecule has 0 amide bonds. The molecular weight excluding hydrogens is 328 g/mol. The summed E-state index contributed by atoms with van der Waals surface area (Å²) in [5.74, 6) is 2.80. The van der Waals surface area contributed by atoms with E-state index in [-0.39, 0.29) is 5.69 Å². The molecule has 0 N–H and O–H groups in total. The van der Waals surface area contributed by atoms with Crippen molar-refractivity contribution in [3.8, 4) is 0 Å². The molecule has 1 saturated heterocycles. The molecule has 3 heterocycles. The average molecular weight is 358 g/mol. The van der Waals surface area contributed by atoms with Gasteiger partial charge < -0.3 is 0 Å². The van der Waals surface area contributed by atoms with E-state index in [0.29, 0.717) is 18.4 Å². The van der Waals surface area contributed by atoms with Crippen molar-refractivity contribution >= 4 is 0 Å². The minimum Gasteiger partial charge on any atom is -0.297 e. The summed E-state index contributed by atoms with van der Waals surface area (Å²) >= 11 is 0. The van der Waals surface area contributed by atoms with E-state index in [4.69, 9.17) is 0 Å². The zero-order valence-electron chi connectivity index (χ0n) is 16.4. The van der Waals surface area contributed by atoms with E-state index in [1.807, 2.05) is 19.2 Å². The lowest BCUT2D eigenvalue weighted by atomic mass is 9.93. The Labute approximate surface area is 155 Å². The third kappa shape index (κ3) is 4.20. The van der Waals surface area contributed by atoms with Crippen molar-refractivity contribution in [3.05, 3.63) is 40.1 Å². The van der Waals surface area contributed by atoms with E-state index in [1.165, 1.54) is 4.68 Å². The fourth-order valence-corrected chi connectivity index (χ4v) is 3.64. The van der Waals surface area contributed by atoms with Gasteiger partial charge in [0, 0.05) is 38.7 Å². The molecule has 0 aliphatic carbocycles. The summed E-state index contributed by atoms with van der Waals surface area (Å²) in [7, 11) is 1.73. The van der Waals surface area contributed by atoms with Gasteiger partial charge in [0.25, 0.3) is 0 Å². The number of nitrogens with zero attached hydrogens (tertiary/aromatic N) is 6. The molecule has 2 aromatic rings. The van der Waals surface area contributed by atoms with Gasteiger partial charge in [-0.2, -0.15) is 5.10 Å². The van der Waals surface area contributed by atoms with E-state index in [9.17, 15) is 4.79 Å². The number of hydrogen-bond acceptors (Lipinski definition) is 5. The molecule has 0 radical (unpaired) electrons. The van der Waals surface area contributed by atoms with Gasteiger partial charge in [0.2, 0.25) is 0 Å². The number of hydrogen-bond donors (Lipinski definition) is 0. The van der Waals surface area contributed by atoms with Crippen molar-refractivity contribution in [2.75, 3.05) is 13.1 Å². The molecule has 0 unspecified atom stereocenters. The van der Waals surface area contributed by atoms with Crippen LogP contribution >= 0.6 is 0 Å². The van der Waals surface area contributed by atoms with Crippen molar-refractivity contribution in [2.24, 2.45) is 13.0 Å². The van der Waals surface area contributed by atoms with Gasteiger partial charge in [-0.3, -0.25) is 9.47 Å². The topological polar surface area (TPSA) is 68.8 Å². The van der Waals surface area contributed by atoms with Crippen LogP contribution < -0.4 is 5.69 Å². The zero-order chi connectivity index (χ0) is 18.7. The van der Waals surface area contributed by atoms with Crippen LogP contribution in [0.5, 0.6) is 0 Å². The summed E-state index contributed by atoms with van der Waals surface area (Å²) < 4.78 is 3.25. The fraction of sp³-hybridized carbons (Fsp3) is 0.684. The first kappa shape index (κ1) is 18.8. The fourth-order valence-electron chi connectivity index (χ4n) is 3.64. The number of rotatable bonds is 6. The quantitative estimate of drug-likeness (QED) is 0.790. The summed E-state index contributed by atoms with van der Waals surface area (Å²) in [6, 6.07) is 2.02. The predicted molar refractivity (Wildman–Crippen MR) is 101 cm³/mol. The van der Waals surface area contributed by atoms with Crippen LogP contribution in [0.3, 0.4) is 0 Å². The van der Waals surface area contributed by atoms with Gasteiger partial charge in [-0.25, -0.2) is 19.4 Å². The molecule has 1 aliphatic rings. The maximum Gasteiger partial charge on any atom is 0.345 e. The minimum absolute atomic E-state index is 0.00958. The Morgan fingerprint density at radius 1 is 1.27 bits per heavy atom. The van der Waals surface area contributed by atoms with E-state index < -0.39 is 0 Å². The Morgan fingerprint density at radius 3 is 2.65 bits per heavy atom. The summed E-state index contributed by atoms with van der Waals surface area (Å²) in [5.41, 5.74) is 1.09. The van der Waals surface area contributed by atoms with Gasteiger partial charge in [-0.1, -0.05) is 13.8 Å². The second kappa shape index (κ2) is 8.12. The van der Waals surface area contributed by atoms with Crippen molar-refractivity contribution in [1.29, 1.82) is 0 Å². The second-order valence-corrected chi connectivity index (χ2v) is 7.55. The van der Waals surface area contributed by atoms with Gasteiger partial charge >= 0.3 is 5.69 Å². The second-order valence-electron chi connectivity index (χ2n) is 7.55. The molecule has 0 bridgehead atoms. The van der Waals surface area contributed by atoms with Gasteiger partial charge in [0.05, 0.1) is 5.69 Å². The monoisotopic (exact) mass is 358 g/mol. The summed E-state index contributed by atoms with van der Waals surface area (Å²) in [6.45, 7) is 9.95. The minimum atomic E-state index is -0.00958. The van der Waals surface area contributed by atoms with Crippen LogP contribution in [0.2, 0.25) is 0 Å². The highest BCUT2D eigenvalue weighted by Gasteiger charge is 2.22. The van der Waals surface area contributed by atoms with Crippen LogP contribution in [-0.2, 0) is 26.6 Å². The molecule has 3 rings (SSSR count). The molecule has 0 atom stereocenters. The molecule has 2 aromatic heterocycles. The highest BCUT2D eigenvalue weighted by molar-refractivity contribution is 5.05. The van der Waals surface area contributed by atoms with Crippen molar-refractivity contribution in [1.82, 2.24) is 29.2 Å². The lowest BCUT2D eigenvalue weighted by Gasteiger charge is -2.31. The first-order valence-corrected chi connectivity index (χ1v) is 9.64. The van der Waals surface area contributed by atoms with E-state index in [0.717, 1.165) is 56.2 Å². The van der Waals surface area contributed by atoms with Crippen LogP contribution in [0.4, 0.5) is 0 Å². The highest BCUT2D eigenvalue weighted by Crippen LogP contribution is 2.22. The predicted octanol–water partition coefficient (Wildman–Crippen LogP) is 1.97. The molecule has 1 fully saturated rings. The van der Waals surface area contributed by atoms with Gasteiger partial charge in [-0.05, 0) is 44.8 Å². The Kier molecular flexibility index (Phi) is 5.86. The maximum atomic E-state index is 12.0. The first-order chi connectivity index (χ1) is 12.5. The van der Waals surface area contributed by atoms with Crippen LogP contribution in [0.25, 0.3) is 0 Å². The molecule has 1 aliphatic heterocycles. The van der Waals surface area contributed by atoms with E-state index in [1.54, 1.807) is 11.6 Å². The lowest BCUT2D eigenvalue weighted by molar-refractivity contribution is 0.173. The molecule has 0 spiro atoms. The summed E-state index contributed by atoms with van der Waals surface area (Å²) in [6.07, 6.45) is 5.03. The highest BCUT2D eigenvalue weighted by atomic mass is 16.2. The number of likely N-dealkylation sites (tertiary alicyclic amines) is 1. The Balaban J connectivity index is 1.55. The smallest absolute Gasteiger partial charge is 0.297 e. The van der Waals surface area contributed by atoms with Crippen molar-refractivity contribution < 1.29 is 0 Å². The number of aryl methyl sites for hydroxylation is 1. The average Bonchev–Trinajstić information content (AvgIpc) is 2.90. The van der Waals surface area contributed by atoms with Crippen LogP contribution in [0, 0.1) is 5.92 Å². The van der Waals surface area contributed by atoms with Crippen molar-refractivity contribution in [2.45, 2.75) is 59.0 Å². The molecule has 7 nitrogen and oxygen atoms in total. The molecule has 142 valence electrons. The number of aromatic nitrogens is 5. The Morgan fingerprint density at radius 2 is 2.00 bits per heavy atom. The summed E-state index contributed by atoms with van der Waals surface area (Å²) in [5, 5.41) is 4.42. The first-order valence-electron chi connectivity index (χ1n) is 9.64. The maximum absolute atomic E-state index is 12.0. The standard InChI is InChI=1S/C19H30N6O/c1-5-25-17(22-23(4)19(25)26)12-15-7-10-24(11-8-15)13-16-6-9-20-18(21-16)14(2)3/h6,9,14-15H,5,7-8,10-13H2,1-4H3. The largest absolute Gasteiger partial charge is 0.345 e. The Hall–Kier alpha value is -2.02. The molecule has 26 heavy (non-hydrogen) atoms. The molecule has 0 aromatic carbocycles. The normalized spacial score (nSPS) is 16.5. The SMILES string of the molecule is CCn1c(CC2CCN(Cc3ccnc(C(C)C)n3)CC2)nn(C)c1=O. The third-order valence-corrected chi connectivity index (χ3v) is 5.21. The molecule has 7 heteroatoms. The van der Waals surface area contributed by atoms with Crippen molar-refractivity contribution in [3.63, 3.8) is 0 Å². The summed E-state index contributed by atoms with van der Waals surface area (Å²) in [4.78, 5) is 23.5. The lowest BCUT2D eigenvalue weighted by Crippen LogP contribution is -2.34. The van der Waals surface area contributed by atoms with Crippen LogP contribution in [-0.4, -0.2) is 42.3 Å². The number of piperidine rings is 1. The van der Waals surface area contributed by atoms with Gasteiger partial charge in [0.1, 0.15) is 11.6 Å². The van der Waals surface area contributed by atoms with Crippen LogP contribution in [0.1, 0.15) is 56.9 Å². The molecular formula is C19H30N6O. The third-order valence-electron chi connectivity index (χ3n) is 5.21. The van der Waals surface area contributed by atoms with Gasteiger partial charge in [-0.15, -0.1) is 0 Å². The Bertz CT molecular complexity index is 786. The van der Waals surface area contributed by atoms with Gasteiger partial charge in [0.15, 0.2) is 0 Å². The van der Waals surface area contributed by atoms with Crippen LogP contribution in [0.15, 0.2) is 17.1 Å². The van der Waals surface area contributed by atoms with E-state index in [2.05, 4.69) is 33.8 Å².